The Kier molecular flexibility index (Phi) is 5.86. The van der Waals surface area contributed by atoms with Gasteiger partial charge in [-0.25, -0.2) is 4.98 Å². The van der Waals surface area contributed by atoms with Crippen molar-refractivity contribution in [1.82, 2.24) is 9.88 Å². The van der Waals surface area contributed by atoms with Gasteiger partial charge in [0.1, 0.15) is 10.8 Å². The molecule has 1 fully saturated rings. The summed E-state index contributed by atoms with van der Waals surface area (Å²) in [5, 5.41) is 3.06. The summed E-state index contributed by atoms with van der Waals surface area (Å²) >= 11 is 1.65. The molecule has 0 saturated carbocycles. The standard InChI is InChI=1S/C19H24N2O2S/c1-2-23-17-9-4-3-7-15(17)10-11-18(22)21-13-6-5-8-16(21)19-20-12-14-24-19/h3-4,7,9,12,14,16H,2,5-6,8,10-11,13H2,1H3. The van der Waals surface area contributed by atoms with Crippen LogP contribution in [0.15, 0.2) is 35.8 Å². The number of benzene rings is 1. The van der Waals surface area contributed by atoms with Crippen LogP contribution in [0.25, 0.3) is 0 Å². The molecular weight excluding hydrogens is 320 g/mol. The summed E-state index contributed by atoms with van der Waals surface area (Å²) in [7, 11) is 0. The van der Waals surface area contributed by atoms with Gasteiger partial charge in [0.05, 0.1) is 12.6 Å². The van der Waals surface area contributed by atoms with Crippen LogP contribution in [0.5, 0.6) is 5.75 Å². The van der Waals surface area contributed by atoms with Crippen LogP contribution in [0, 0.1) is 0 Å². The molecule has 0 radical (unpaired) electrons. The van der Waals surface area contributed by atoms with Crippen LogP contribution in [-0.4, -0.2) is 28.9 Å². The van der Waals surface area contributed by atoms with E-state index in [2.05, 4.69) is 4.98 Å². The number of aryl methyl sites for hydroxylation is 1. The lowest BCUT2D eigenvalue weighted by molar-refractivity contribution is -0.135. The van der Waals surface area contributed by atoms with Crippen LogP contribution in [0.2, 0.25) is 0 Å². The number of rotatable bonds is 6. The lowest BCUT2D eigenvalue weighted by Gasteiger charge is -2.34. The van der Waals surface area contributed by atoms with Gasteiger partial charge in [-0.1, -0.05) is 18.2 Å². The fourth-order valence-electron chi connectivity index (χ4n) is 3.28. The summed E-state index contributed by atoms with van der Waals surface area (Å²) in [6.45, 7) is 3.47. The van der Waals surface area contributed by atoms with Crippen molar-refractivity contribution in [3.63, 3.8) is 0 Å². The van der Waals surface area contributed by atoms with E-state index in [1.807, 2.05) is 47.7 Å². The van der Waals surface area contributed by atoms with Crippen molar-refractivity contribution in [2.45, 2.75) is 45.1 Å². The summed E-state index contributed by atoms with van der Waals surface area (Å²) in [6.07, 6.45) is 6.34. The average molecular weight is 344 g/mol. The third-order valence-corrected chi connectivity index (χ3v) is 5.32. The molecule has 0 N–H and O–H groups in total. The molecule has 1 aliphatic heterocycles. The molecule has 2 aromatic rings. The van der Waals surface area contributed by atoms with E-state index >= 15 is 0 Å². The Morgan fingerprint density at radius 3 is 3.04 bits per heavy atom. The maximum absolute atomic E-state index is 12.8. The molecule has 1 atom stereocenters. The Morgan fingerprint density at radius 1 is 1.38 bits per heavy atom. The number of piperidine rings is 1. The first-order chi connectivity index (χ1) is 11.8. The monoisotopic (exact) mass is 344 g/mol. The predicted molar refractivity (Wildman–Crippen MR) is 96.4 cm³/mol. The number of aromatic nitrogens is 1. The number of thiazole rings is 1. The summed E-state index contributed by atoms with van der Waals surface area (Å²) in [4.78, 5) is 19.3. The first-order valence-electron chi connectivity index (χ1n) is 8.69. The van der Waals surface area contributed by atoms with Crippen LogP contribution in [0.1, 0.15) is 49.2 Å². The second-order valence-electron chi connectivity index (χ2n) is 6.01. The Morgan fingerprint density at radius 2 is 2.25 bits per heavy atom. The van der Waals surface area contributed by atoms with E-state index in [1.54, 1.807) is 11.3 Å². The number of para-hydroxylation sites is 1. The SMILES string of the molecule is CCOc1ccccc1CCC(=O)N1CCCCC1c1nccs1. The molecule has 5 heteroatoms. The topological polar surface area (TPSA) is 42.4 Å². The van der Waals surface area contributed by atoms with Crippen LogP contribution in [0.4, 0.5) is 0 Å². The molecule has 4 nitrogen and oxygen atoms in total. The molecule has 24 heavy (non-hydrogen) atoms. The molecule has 3 rings (SSSR count). The van der Waals surface area contributed by atoms with Gasteiger partial charge in [0.15, 0.2) is 0 Å². The number of amides is 1. The van der Waals surface area contributed by atoms with Crippen molar-refractivity contribution in [2.24, 2.45) is 0 Å². The number of nitrogens with zero attached hydrogens (tertiary/aromatic N) is 2. The van der Waals surface area contributed by atoms with Crippen LogP contribution >= 0.6 is 11.3 Å². The lowest BCUT2D eigenvalue weighted by Crippen LogP contribution is -2.38. The summed E-state index contributed by atoms with van der Waals surface area (Å²) in [5.74, 6) is 1.11. The van der Waals surface area contributed by atoms with E-state index in [0.29, 0.717) is 13.0 Å². The summed E-state index contributed by atoms with van der Waals surface area (Å²) < 4.78 is 5.66. The fraction of sp³-hybridized carbons (Fsp3) is 0.474. The number of carbonyl (C=O) groups excluding carboxylic acids is 1. The van der Waals surface area contributed by atoms with Gasteiger partial charge in [0, 0.05) is 24.5 Å². The van der Waals surface area contributed by atoms with Crippen molar-refractivity contribution >= 4 is 17.2 Å². The molecule has 128 valence electrons. The highest BCUT2D eigenvalue weighted by atomic mass is 32.1. The molecule has 0 spiro atoms. The van der Waals surface area contributed by atoms with Crippen molar-refractivity contribution in [2.75, 3.05) is 13.2 Å². The maximum Gasteiger partial charge on any atom is 0.223 e. The van der Waals surface area contributed by atoms with Crippen molar-refractivity contribution in [3.05, 3.63) is 46.4 Å². The summed E-state index contributed by atoms with van der Waals surface area (Å²) in [5.41, 5.74) is 1.11. The Labute approximate surface area is 147 Å². The number of hydrogen-bond acceptors (Lipinski definition) is 4. The molecule has 1 aliphatic rings. The molecule has 1 aromatic carbocycles. The normalized spacial score (nSPS) is 17.7. The molecule has 1 unspecified atom stereocenters. The number of likely N-dealkylation sites (tertiary alicyclic amines) is 1. The maximum atomic E-state index is 12.8. The largest absolute Gasteiger partial charge is 0.494 e. The molecule has 1 amide bonds. The van der Waals surface area contributed by atoms with Gasteiger partial charge in [-0.15, -0.1) is 11.3 Å². The van der Waals surface area contributed by atoms with Crippen molar-refractivity contribution in [1.29, 1.82) is 0 Å². The lowest BCUT2D eigenvalue weighted by atomic mass is 10.0. The number of carbonyl (C=O) groups is 1. The minimum atomic E-state index is 0.161. The van der Waals surface area contributed by atoms with E-state index < -0.39 is 0 Å². The van der Waals surface area contributed by atoms with E-state index in [4.69, 9.17) is 4.74 Å². The zero-order valence-corrected chi connectivity index (χ0v) is 14.9. The number of ether oxygens (including phenoxy) is 1. The Hall–Kier alpha value is -1.88. The quantitative estimate of drug-likeness (QED) is 0.787. The fourth-order valence-corrected chi connectivity index (χ4v) is 4.06. The van der Waals surface area contributed by atoms with E-state index in [0.717, 1.165) is 42.1 Å². The smallest absolute Gasteiger partial charge is 0.223 e. The first-order valence-corrected chi connectivity index (χ1v) is 9.57. The number of hydrogen-bond donors (Lipinski definition) is 0. The predicted octanol–water partition coefficient (Wildman–Crippen LogP) is 4.23. The minimum absolute atomic E-state index is 0.161. The van der Waals surface area contributed by atoms with Crippen LogP contribution in [0.3, 0.4) is 0 Å². The molecule has 1 aromatic heterocycles. The van der Waals surface area contributed by atoms with Gasteiger partial charge in [-0.2, -0.15) is 0 Å². The van der Waals surface area contributed by atoms with E-state index in [9.17, 15) is 4.79 Å². The molecule has 1 saturated heterocycles. The first kappa shape index (κ1) is 17.0. The van der Waals surface area contributed by atoms with Crippen molar-refractivity contribution < 1.29 is 9.53 Å². The van der Waals surface area contributed by atoms with Crippen molar-refractivity contribution in [3.8, 4) is 5.75 Å². The van der Waals surface area contributed by atoms with Gasteiger partial charge in [0.25, 0.3) is 0 Å². The molecule has 0 aliphatic carbocycles. The van der Waals surface area contributed by atoms with Gasteiger partial charge in [-0.3, -0.25) is 4.79 Å². The average Bonchev–Trinajstić information content (AvgIpc) is 3.15. The van der Waals surface area contributed by atoms with Gasteiger partial charge >= 0.3 is 0 Å². The highest BCUT2D eigenvalue weighted by Crippen LogP contribution is 2.32. The third-order valence-electron chi connectivity index (χ3n) is 4.44. The highest BCUT2D eigenvalue weighted by molar-refractivity contribution is 7.09. The van der Waals surface area contributed by atoms with Gasteiger partial charge in [0.2, 0.25) is 5.91 Å². The second kappa shape index (κ2) is 8.29. The minimum Gasteiger partial charge on any atom is -0.494 e. The Balaban J connectivity index is 1.65. The second-order valence-corrected chi connectivity index (χ2v) is 6.94. The van der Waals surface area contributed by atoms with Crippen LogP contribution in [-0.2, 0) is 11.2 Å². The zero-order chi connectivity index (χ0) is 16.8. The van der Waals surface area contributed by atoms with Gasteiger partial charge in [-0.05, 0) is 44.2 Å². The zero-order valence-electron chi connectivity index (χ0n) is 14.1. The highest BCUT2D eigenvalue weighted by Gasteiger charge is 2.29. The summed E-state index contributed by atoms with van der Waals surface area (Å²) in [6, 6.07) is 8.16. The molecule has 2 heterocycles. The third kappa shape index (κ3) is 3.96. The molecule has 0 bridgehead atoms. The van der Waals surface area contributed by atoms with Gasteiger partial charge < -0.3 is 9.64 Å². The molecular formula is C19H24N2O2S. The van der Waals surface area contributed by atoms with Crippen LogP contribution < -0.4 is 4.74 Å². The van der Waals surface area contributed by atoms with E-state index in [1.165, 1.54) is 6.42 Å². The van der Waals surface area contributed by atoms with E-state index in [-0.39, 0.29) is 11.9 Å². The Bertz CT molecular complexity index is 657.